The van der Waals surface area contributed by atoms with Crippen molar-refractivity contribution in [2.75, 3.05) is 0 Å². The zero-order valence-electron chi connectivity index (χ0n) is 8.49. The molecule has 2 N–H and O–H groups in total. The first-order valence-corrected chi connectivity index (χ1v) is 4.78. The standard InChI is InChI=1S/C10H12ClNO3/c1-6-3-4-7(8(11)12-6)5-10(2,15)9(13)14/h3-4,15H,5H2,1-2H3,(H,13,14). The monoisotopic (exact) mass is 229 g/mol. The molecular formula is C10H12ClNO3. The molecule has 0 bridgehead atoms. The van der Waals surface area contributed by atoms with E-state index in [2.05, 4.69) is 4.98 Å². The number of pyridine rings is 1. The molecule has 0 aliphatic rings. The van der Waals surface area contributed by atoms with Crippen molar-refractivity contribution in [3.05, 3.63) is 28.5 Å². The second-order valence-electron chi connectivity index (χ2n) is 3.66. The van der Waals surface area contributed by atoms with E-state index >= 15 is 0 Å². The molecule has 0 aromatic carbocycles. The van der Waals surface area contributed by atoms with E-state index in [4.69, 9.17) is 16.7 Å². The number of rotatable bonds is 3. The Morgan fingerprint density at radius 3 is 2.67 bits per heavy atom. The van der Waals surface area contributed by atoms with Gasteiger partial charge in [-0.15, -0.1) is 0 Å². The smallest absolute Gasteiger partial charge is 0.335 e. The number of aryl methyl sites for hydroxylation is 1. The molecule has 5 heteroatoms. The quantitative estimate of drug-likeness (QED) is 0.769. The van der Waals surface area contributed by atoms with E-state index in [1.54, 1.807) is 19.1 Å². The molecule has 4 nitrogen and oxygen atoms in total. The average molecular weight is 230 g/mol. The SMILES string of the molecule is Cc1ccc(CC(C)(O)C(=O)O)c(Cl)n1. The largest absolute Gasteiger partial charge is 0.479 e. The molecular weight excluding hydrogens is 218 g/mol. The normalized spacial score (nSPS) is 14.7. The number of carbonyl (C=O) groups is 1. The highest BCUT2D eigenvalue weighted by Gasteiger charge is 2.30. The van der Waals surface area contributed by atoms with E-state index < -0.39 is 11.6 Å². The van der Waals surface area contributed by atoms with Crippen LogP contribution in [0.5, 0.6) is 0 Å². The minimum Gasteiger partial charge on any atom is -0.479 e. The summed E-state index contributed by atoms with van der Waals surface area (Å²) < 4.78 is 0. The third-order valence-electron chi connectivity index (χ3n) is 2.06. The lowest BCUT2D eigenvalue weighted by atomic mass is 9.98. The summed E-state index contributed by atoms with van der Waals surface area (Å²) in [4.78, 5) is 14.7. The van der Waals surface area contributed by atoms with Crippen LogP contribution < -0.4 is 0 Å². The van der Waals surface area contributed by atoms with Gasteiger partial charge in [-0.2, -0.15) is 0 Å². The fourth-order valence-electron chi connectivity index (χ4n) is 1.13. The first-order chi connectivity index (χ1) is 6.83. The molecule has 0 saturated heterocycles. The van der Waals surface area contributed by atoms with Gasteiger partial charge in [-0.25, -0.2) is 9.78 Å². The number of hydrogen-bond donors (Lipinski definition) is 2. The molecule has 15 heavy (non-hydrogen) atoms. The van der Waals surface area contributed by atoms with Gasteiger partial charge in [-0.3, -0.25) is 0 Å². The number of carboxylic acid groups (broad SMARTS) is 1. The van der Waals surface area contributed by atoms with Crippen LogP contribution in [0.2, 0.25) is 5.15 Å². The van der Waals surface area contributed by atoms with E-state index in [9.17, 15) is 9.90 Å². The number of aliphatic hydroxyl groups is 1. The Morgan fingerprint density at radius 2 is 2.20 bits per heavy atom. The zero-order chi connectivity index (χ0) is 11.6. The number of hydrogen-bond acceptors (Lipinski definition) is 3. The summed E-state index contributed by atoms with van der Waals surface area (Å²) in [5.74, 6) is -1.28. The fourth-order valence-corrected chi connectivity index (χ4v) is 1.40. The van der Waals surface area contributed by atoms with E-state index in [0.717, 1.165) is 5.69 Å². The van der Waals surface area contributed by atoms with Crippen molar-refractivity contribution in [2.45, 2.75) is 25.9 Å². The number of nitrogens with zero attached hydrogens (tertiary/aromatic N) is 1. The zero-order valence-corrected chi connectivity index (χ0v) is 9.25. The summed E-state index contributed by atoms with van der Waals surface area (Å²) in [5.41, 5.74) is -0.547. The first-order valence-electron chi connectivity index (χ1n) is 4.41. The third-order valence-corrected chi connectivity index (χ3v) is 2.39. The van der Waals surface area contributed by atoms with E-state index in [1.165, 1.54) is 6.92 Å². The van der Waals surface area contributed by atoms with Crippen molar-refractivity contribution < 1.29 is 15.0 Å². The highest BCUT2D eigenvalue weighted by Crippen LogP contribution is 2.20. The molecule has 0 aliphatic carbocycles. The maximum atomic E-state index is 10.7. The fraction of sp³-hybridized carbons (Fsp3) is 0.400. The molecule has 0 fully saturated rings. The lowest BCUT2D eigenvalue weighted by Gasteiger charge is -2.18. The molecule has 0 amide bonds. The van der Waals surface area contributed by atoms with Crippen LogP contribution in [-0.4, -0.2) is 26.8 Å². The summed E-state index contributed by atoms with van der Waals surface area (Å²) >= 11 is 5.83. The molecule has 82 valence electrons. The summed E-state index contributed by atoms with van der Waals surface area (Å²) in [5, 5.41) is 18.5. The van der Waals surface area contributed by atoms with Crippen molar-refractivity contribution in [3.63, 3.8) is 0 Å². The summed E-state index contributed by atoms with van der Waals surface area (Å²) in [6.45, 7) is 3.01. The number of halogens is 1. The minimum atomic E-state index is -1.82. The average Bonchev–Trinajstić information content (AvgIpc) is 2.09. The Bertz CT molecular complexity index is 390. The Labute approximate surface area is 92.5 Å². The van der Waals surface area contributed by atoms with Gasteiger partial charge in [-0.1, -0.05) is 17.7 Å². The number of aliphatic carboxylic acids is 1. The lowest BCUT2D eigenvalue weighted by molar-refractivity contribution is -0.156. The summed E-state index contributed by atoms with van der Waals surface area (Å²) in [6, 6.07) is 3.39. The van der Waals surface area contributed by atoms with Gasteiger partial charge in [0.25, 0.3) is 0 Å². The molecule has 1 aromatic rings. The van der Waals surface area contributed by atoms with Gasteiger partial charge >= 0.3 is 5.97 Å². The number of aromatic nitrogens is 1. The Morgan fingerprint density at radius 1 is 1.60 bits per heavy atom. The van der Waals surface area contributed by atoms with Gasteiger partial charge in [0.1, 0.15) is 5.15 Å². The van der Waals surface area contributed by atoms with Gasteiger partial charge in [0.15, 0.2) is 5.60 Å². The molecule has 1 aromatic heterocycles. The van der Waals surface area contributed by atoms with E-state index in [-0.39, 0.29) is 11.6 Å². The highest BCUT2D eigenvalue weighted by atomic mass is 35.5. The van der Waals surface area contributed by atoms with Gasteiger partial charge in [0, 0.05) is 12.1 Å². The van der Waals surface area contributed by atoms with Crippen molar-refractivity contribution >= 4 is 17.6 Å². The minimum absolute atomic E-state index is 0.0611. The molecule has 0 radical (unpaired) electrons. The predicted molar refractivity (Wildman–Crippen MR) is 55.9 cm³/mol. The summed E-state index contributed by atoms with van der Waals surface area (Å²) in [7, 11) is 0. The van der Waals surface area contributed by atoms with Crippen LogP contribution >= 0.6 is 11.6 Å². The van der Waals surface area contributed by atoms with E-state index in [0.29, 0.717) is 5.56 Å². The van der Waals surface area contributed by atoms with Crippen LogP contribution in [-0.2, 0) is 11.2 Å². The Hall–Kier alpha value is -1.13. The van der Waals surface area contributed by atoms with Crippen molar-refractivity contribution in [2.24, 2.45) is 0 Å². The van der Waals surface area contributed by atoms with Gasteiger partial charge in [0.2, 0.25) is 0 Å². The second-order valence-corrected chi connectivity index (χ2v) is 4.02. The molecule has 1 heterocycles. The molecule has 0 saturated carbocycles. The van der Waals surface area contributed by atoms with E-state index in [1.807, 2.05) is 0 Å². The Balaban J connectivity index is 2.95. The van der Waals surface area contributed by atoms with Crippen molar-refractivity contribution in [1.29, 1.82) is 0 Å². The number of carboxylic acids is 1. The third kappa shape index (κ3) is 2.91. The van der Waals surface area contributed by atoms with Gasteiger partial charge in [-0.05, 0) is 25.5 Å². The molecule has 0 spiro atoms. The van der Waals surface area contributed by atoms with Crippen LogP contribution in [0, 0.1) is 6.92 Å². The second kappa shape index (κ2) is 4.16. The molecule has 1 unspecified atom stereocenters. The van der Waals surface area contributed by atoms with Gasteiger partial charge < -0.3 is 10.2 Å². The Kier molecular flexibility index (Phi) is 3.31. The van der Waals surface area contributed by atoms with Crippen LogP contribution in [0.4, 0.5) is 0 Å². The highest BCUT2D eigenvalue weighted by molar-refractivity contribution is 6.30. The van der Waals surface area contributed by atoms with Gasteiger partial charge in [0.05, 0.1) is 0 Å². The van der Waals surface area contributed by atoms with Crippen LogP contribution in [0.15, 0.2) is 12.1 Å². The van der Waals surface area contributed by atoms with Crippen molar-refractivity contribution in [3.8, 4) is 0 Å². The maximum Gasteiger partial charge on any atom is 0.335 e. The first kappa shape index (κ1) is 11.9. The van der Waals surface area contributed by atoms with Crippen LogP contribution in [0.1, 0.15) is 18.2 Å². The maximum absolute atomic E-state index is 10.7. The topological polar surface area (TPSA) is 70.4 Å². The van der Waals surface area contributed by atoms with Crippen molar-refractivity contribution in [1.82, 2.24) is 4.98 Å². The molecule has 1 atom stereocenters. The van der Waals surface area contributed by atoms with Crippen LogP contribution in [0.3, 0.4) is 0 Å². The molecule has 0 aliphatic heterocycles. The summed E-state index contributed by atoms with van der Waals surface area (Å²) in [6.07, 6.45) is -0.0611. The predicted octanol–water partition coefficient (Wildman–Crippen LogP) is 1.42. The van der Waals surface area contributed by atoms with Crippen LogP contribution in [0.25, 0.3) is 0 Å². The molecule has 1 rings (SSSR count). The lowest BCUT2D eigenvalue weighted by Crippen LogP contribution is -2.37.